The van der Waals surface area contributed by atoms with Crippen molar-refractivity contribution in [3.8, 4) is 6.07 Å². The summed E-state index contributed by atoms with van der Waals surface area (Å²) in [5.74, 6) is -0.716. The molecule has 5 heteroatoms. The maximum atomic E-state index is 12.3. The molecule has 0 saturated heterocycles. The predicted molar refractivity (Wildman–Crippen MR) is 79.1 cm³/mol. The number of rotatable bonds is 4. The number of ether oxygens (including phenoxy) is 1. The summed E-state index contributed by atoms with van der Waals surface area (Å²) in [6.07, 6.45) is 2.51. The van der Waals surface area contributed by atoms with Crippen LogP contribution in [0.5, 0.6) is 0 Å². The maximum Gasteiger partial charge on any atom is 0.341 e. The Balaban J connectivity index is 2.32. The first-order valence-electron chi connectivity index (χ1n) is 6.45. The number of hydrogen-bond acceptors (Lipinski definition) is 5. The average Bonchev–Trinajstić information content (AvgIpc) is 2.99. The number of nitrogens with zero attached hydrogens (tertiary/aromatic N) is 1. The van der Waals surface area contributed by atoms with E-state index in [2.05, 4.69) is 4.74 Å². The Morgan fingerprint density at radius 2 is 2.05 bits per heavy atom. The highest BCUT2D eigenvalue weighted by atomic mass is 16.5. The summed E-state index contributed by atoms with van der Waals surface area (Å²) in [7, 11) is 1.26. The SMILES string of the molecule is COC(=O)c1coc(C=C(C#N)C(=O)c2cccc(C)c2)c1. The highest BCUT2D eigenvalue weighted by Gasteiger charge is 2.14. The molecule has 0 N–H and O–H groups in total. The molecule has 0 saturated carbocycles. The number of nitriles is 1. The van der Waals surface area contributed by atoms with E-state index in [-0.39, 0.29) is 16.9 Å². The molecule has 0 unspecified atom stereocenters. The van der Waals surface area contributed by atoms with Crippen molar-refractivity contribution in [2.24, 2.45) is 0 Å². The first kappa shape index (κ1) is 15.3. The predicted octanol–water partition coefficient (Wildman–Crippen LogP) is 3.16. The van der Waals surface area contributed by atoms with Gasteiger partial charge >= 0.3 is 5.97 Å². The minimum atomic E-state index is -0.549. The van der Waals surface area contributed by atoms with Crippen molar-refractivity contribution in [1.29, 1.82) is 5.26 Å². The zero-order valence-electron chi connectivity index (χ0n) is 12.1. The maximum absolute atomic E-state index is 12.3. The molecule has 0 bridgehead atoms. The van der Waals surface area contributed by atoms with E-state index in [1.54, 1.807) is 18.2 Å². The van der Waals surface area contributed by atoms with Gasteiger partial charge in [0.1, 0.15) is 23.7 Å². The topological polar surface area (TPSA) is 80.3 Å². The van der Waals surface area contributed by atoms with Gasteiger partial charge in [0.05, 0.1) is 12.7 Å². The third-order valence-electron chi connectivity index (χ3n) is 2.97. The summed E-state index contributed by atoms with van der Waals surface area (Å²) in [4.78, 5) is 23.6. The Hall–Kier alpha value is -3.13. The smallest absolute Gasteiger partial charge is 0.341 e. The number of hydrogen-bond donors (Lipinski definition) is 0. The highest BCUT2D eigenvalue weighted by molar-refractivity contribution is 6.14. The fourth-order valence-electron chi connectivity index (χ4n) is 1.89. The highest BCUT2D eigenvalue weighted by Crippen LogP contribution is 2.16. The minimum Gasteiger partial charge on any atom is -0.465 e. The molecule has 22 heavy (non-hydrogen) atoms. The second-order valence-electron chi connectivity index (χ2n) is 4.60. The second kappa shape index (κ2) is 6.55. The molecule has 2 aromatic rings. The summed E-state index contributed by atoms with van der Waals surface area (Å²) < 4.78 is 9.71. The van der Waals surface area contributed by atoms with E-state index in [1.165, 1.54) is 25.5 Å². The molecule has 5 nitrogen and oxygen atoms in total. The van der Waals surface area contributed by atoms with E-state index in [0.717, 1.165) is 5.56 Å². The molecule has 1 heterocycles. The van der Waals surface area contributed by atoms with Gasteiger partial charge in [-0.05, 0) is 19.1 Å². The lowest BCUT2D eigenvalue weighted by Gasteiger charge is -2.00. The molecule has 0 aliphatic heterocycles. The quantitative estimate of drug-likeness (QED) is 0.374. The van der Waals surface area contributed by atoms with Crippen LogP contribution in [0.15, 0.2) is 46.6 Å². The van der Waals surface area contributed by atoms with Crippen LogP contribution < -0.4 is 0 Å². The molecule has 110 valence electrons. The van der Waals surface area contributed by atoms with Crippen LogP contribution in [0.3, 0.4) is 0 Å². The van der Waals surface area contributed by atoms with E-state index in [0.29, 0.717) is 5.56 Å². The number of methoxy groups -OCH3 is 1. The largest absolute Gasteiger partial charge is 0.465 e. The van der Waals surface area contributed by atoms with Crippen LogP contribution >= 0.6 is 0 Å². The molecule has 0 radical (unpaired) electrons. The average molecular weight is 295 g/mol. The number of benzene rings is 1. The number of carbonyl (C=O) groups is 2. The van der Waals surface area contributed by atoms with Gasteiger partial charge in [0.15, 0.2) is 0 Å². The summed E-state index contributed by atoms with van der Waals surface area (Å²) in [6.45, 7) is 1.86. The molecular weight excluding hydrogens is 282 g/mol. The molecule has 1 aromatic heterocycles. The van der Waals surface area contributed by atoms with Gasteiger partial charge in [0.25, 0.3) is 0 Å². The van der Waals surface area contributed by atoms with Crippen LogP contribution in [-0.2, 0) is 4.74 Å². The molecule has 0 atom stereocenters. The van der Waals surface area contributed by atoms with Crippen molar-refractivity contribution in [2.45, 2.75) is 6.92 Å². The van der Waals surface area contributed by atoms with Gasteiger partial charge < -0.3 is 9.15 Å². The normalized spacial score (nSPS) is 10.9. The van der Waals surface area contributed by atoms with Crippen LogP contribution in [0.4, 0.5) is 0 Å². The van der Waals surface area contributed by atoms with Gasteiger partial charge in [0.2, 0.25) is 5.78 Å². The number of allylic oxidation sites excluding steroid dienone is 1. The molecule has 0 fully saturated rings. The van der Waals surface area contributed by atoms with Gasteiger partial charge in [0, 0.05) is 11.6 Å². The van der Waals surface area contributed by atoms with E-state index >= 15 is 0 Å². The third-order valence-corrected chi connectivity index (χ3v) is 2.97. The molecule has 1 aromatic carbocycles. The number of aryl methyl sites for hydroxylation is 1. The standard InChI is InChI=1S/C17H13NO4/c1-11-4-3-5-12(6-11)16(19)13(9-18)7-15-8-14(10-22-15)17(20)21-2/h3-8,10H,1-2H3. The van der Waals surface area contributed by atoms with Gasteiger partial charge in [-0.15, -0.1) is 0 Å². The van der Waals surface area contributed by atoms with E-state index in [4.69, 9.17) is 4.42 Å². The molecule has 0 aliphatic rings. The van der Waals surface area contributed by atoms with Gasteiger partial charge in [-0.25, -0.2) is 4.79 Å². The van der Waals surface area contributed by atoms with Crippen molar-refractivity contribution < 1.29 is 18.7 Å². The second-order valence-corrected chi connectivity index (χ2v) is 4.60. The Morgan fingerprint density at radius 3 is 2.68 bits per heavy atom. The lowest BCUT2D eigenvalue weighted by atomic mass is 10.0. The van der Waals surface area contributed by atoms with Crippen LogP contribution in [-0.4, -0.2) is 18.9 Å². The summed E-state index contributed by atoms with van der Waals surface area (Å²) in [5.41, 5.74) is 1.49. The van der Waals surface area contributed by atoms with Gasteiger partial charge in [-0.1, -0.05) is 23.8 Å². The lowest BCUT2D eigenvalue weighted by molar-refractivity contribution is 0.0600. The molecule has 0 amide bonds. The first-order chi connectivity index (χ1) is 10.5. The van der Waals surface area contributed by atoms with Gasteiger partial charge in [-0.3, -0.25) is 4.79 Å². The zero-order chi connectivity index (χ0) is 16.1. The number of esters is 1. The van der Waals surface area contributed by atoms with Crippen molar-refractivity contribution in [2.75, 3.05) is 7.11 Å². The first-order valence-corrected chi connectivity index (χ1v) is 6.45. The van der Waals surface area contributed by atoms with E-state index in [9.17, 15) is 14.9 Å². The van der Waals surface area contributed by atoms with Crippen molar-refractivity contribution >= 4 is 17.8 Å². The fourth-order valence-corrected chi connectivity index (χ4v) is 1.89. The Kier molecular flexibility index (Phi) is 4.54. The lowest BCUT2D eigenvalue weighted by Crippen LogP contribution is -2.02. The van der Waals surface area contributed by atoms with Crippen LogP contribution in [0.25, 0.3) is 6.08 Å². The Bertz CT molecular complexity index is 793. The summed E-state index contributed by atoms with van der Waals surface area (Å²) in [5, 5.41) is 9.18. The molecular formula is C17H13NO4. The Labute approximate surface area is 127 Å². The van der Waals surface area contributed by atoms with E-state index in [1.807, 2.05) is 19.1 Å². The summed E-state index contributed by atoms with van der Waals surface area (Å²) >= 11 is 0. The number of Topliss-reactive ketones (excluding diaryl/α,β-unsaturated/α-hetero) is 1. The van der Waals surface area contributed by atoms with Crippen molar-refractivity contribution in [3.63, 3.8) is 0 Å². The number of carbonyl (C=O) groups excluding carboxylic acids is 2. The minimum absolute atomic E-state index is 0.0728. The number of ketones is 1. The monoisotopic (exact) mass is 295 g/mol. The molecule has 0 spiro atoms. The molecule has 2 rings (SSSR count). The van der Waals surface area contributed by atoms with Crippen LogP contribution in [0.2, 0.25) is 0 Å². The van der Waals surface area contributed by atoms with Crippen molar-refractivity contribution in [3.05, 3.63) is 64.6 Å². The van der Waals surface area contributed by atoms with Gasteiger partial charge in [-0.2, -0.15) is 5.26 Å². The fraction of sp³-hybridized carbons (Fsp3) is 0.118. The number of furan rings is 1. The Morgan fingerprint density at radius 1 is 1.27 bits per heavy atom. The third kappa shape index (κ3) is 3.30. The van der Waals surface area contributed by atoms with E-state index < -0.39 is 11.8 Å². The van der Waals surface area contributed by atoms with Crippen molar-refractivity contribution in [1.82, 2.24) is 0 Å². The summed E-state index contributed by atoms with van der Waals surface area (Å²) in [6, 6.07) is 10.2. The van der Waals surface area contributed by atoms with Crippen LogP contribution in [0.1, 0.15) is 32.0 Å². The van der Waals surface area contributed by atoms with Crippen LogP contribution in [0, 0.1) is 18.3 Å². The molecule has 0 aliphatic carbocycles. The zero-order valence-corrected chi connectivity index (χ0v) is 12.1.